The maximum atomic E-state index is 6.37. The molecule has 3 nitrogen and oxygen atoms in total. The maximum Gasteiger partial charge on any atom is 0.258 e. The Morgan fingerprint density at radius 3 is 1.42 bits per heavy atom. The Balaban J connectivity index is 1.26. The van der Waals surface area contributed by atoms with Crippen LogP contribution in [0.2, 0.25) is 0 Å². The molecule has 5 aromatic heterocycles. The van der Waals surface area contributed by atoms with Gasteiger partial charge in [0.25, 0.3) is 11.8 Å². The molecule has 0 bridgehead atoms. The van der Waals surface area contributed by atoms with Crippen molar-refractivity contribution in [2.45, 2.75) is 118 Å². The minimum absolute atomic E-state index is 0.631. The van der Waals surface area contributed by atoms with Crippen LogP contribution in [-0.4, -0.2) is 10.2 Å². The molecule has 0 amide bonds. The zero-order valence-corrected chi connectivity index (χ0v) is 29.6. The molecule has 0 spiro atoms. The van der Waals surface area contributed by atoms with Crippen molar-refractivity contribution in [1.82, 2.24) is 10.2 Å². The number of hydrogen-bond acceptors (Lipinski definition) is 7. The molecule has 5 aromatic rings. The van der Waals surface area contributed by atoms with Crippen LogP contribution in [0.3, 0.4) is 0 Å². The Bertz CT molecular complexity index is 1440. The molecule has 0 saturated carbocycles. The molecule has 230 valence electrons. The first kappa shape index (κ1) is 32.3. The first-order valence-corrected chi connectivity index (χ1v) is 19.7. The lowest BCUT2D eigenvalue weighted by molar-refractivity contribution is 0.587. The topological polar surface area (TPSA) is 38.9 Å². The lowest BCUT2D eigenvalue weighted by Gasteiger charge is -2.03. The summed E-state index contributed by atoms with van der Waals surface area (Å²) >= 11 is 7.28. The molecule has 0 aliphatic carbocycles. The predicted octanol–water partition coefficient (Wildman–Crippen LogP) is 13.4. The van der Waals surface area contributed by atoms with E-state index in [-0.39, 0.29) is 0 Å². The Hall–Kier alpha value is -2.06. The van der Waals surface area contributed by atoms with E-state index in [1.807, 2.05) is 22.7 Å². The minimum atomic E-state index is 0.631. The standard InChI is InChI=1S/C36H46N2OS4/c1-5-7-9-11-13-15-17-27-19-21-40-33(27)29-23-25(3)31(42-29)35-37-38-36(39-35)32-26(4)24-30(43-32)34-28(20-22-41-34)18-16-14-12-10-8-6-2/h19-24H,5-18H2,1-4H3. The van der Waals surface area contributed by atoms with Crippen molar-refractivity contribution in [3.63, 3.8) is 0 Å². The quantitative estimate of drug-likeness (QED) is 0.0886. The second kappa shape index (κ2) is 16.3. The molecule has 5 rings (SSSR count). The van der Waals surface area contributed by atoms with Crippen molar-refractivity contribution in [2.24, 2.45) is 0 Å². The van der Waals surface area contributed by atoms with Crippen LogP contribution in [-0.2, 0) is 12.8 Å². The van der Waals surface area contributed by atoms with E-state index >= 15 is 0 Å². The number of rotatable bonds is 18. The lowest BCUT2D eigenvalue weighted by Crippen LogP contribution is -1.86. The molecule has 0 aliphatic heterocycles. The van der Waals surface area contributed by atoms with Crippen LogP contribution in [0.15, 0.2) is 39.4 Å². The third kappa shape index (κ3) is 8.36. The van der Waals surface area contributed by atoms with Crippen LogP contribution in [0, 0.1) is 13.8 Å². The molecule has 0 aromatic carbocycles. The van der Waals surface area contributed by atoms with Gasteiger partial charge in [-0.2, -0.15) is 0 Å². The Morgan fingerprint density at radius 1 is 0.558 bits per heavy atom. The molecular weight excluding hydrogens is 605 g/mol. The van der Waals surface area contributed by atoms with Crippen molar-refractivity contribution in [3.8, 4) is 41.0 Å². The summed E-state index contributed by atoms with van der Waals surface area (Å²) in [5, 5.41) is 13.6. The van der Waals surface area contributed by atoms with E-state index in [9.17, 15) is 0 Å². The highest BCUT2D eigenvalue weighted by atomic mass is 32.1. The summed E-state index contributed by atoms with van der Waals surface area (Å²) in [4.78, 5) is 7.60. The van der Waals surface area contributed by atoms with Crippen molar-refractivity contribution < 1.29 is 4.42 Å². The van der Waals surface area contributed by atoms with Gasteiger partial charge in [-0.1, -0.05) is 78.1 Å². The van der Waals surface area contributed by atoms with Crippen LogP contribution < -0.4 is 0 Å². The molecule has 7 heteroatoms. The summed E-state index contributed by atoms with van der Waals surface area (Å²) in [7, 11) is 0. The van der Waals surface area contributed by atoms with Crippen molar-refractivity contribution >= 4 is 45.3 Å². The Morgan fingerprint density at radius 2 is 0.977 bits per heavy atom. The minimum Gasteiger partial charge on any atom is -0.414 e. The average Bonchev–Trinajstić information content (AvgIpc) is 3.83. The van der Waals surface area contributed by atoms with E-state index < -0.39 is 0 Å². The highest BCUT2D eigenvalue weighted by Crippen LogP contribution is 2.44. The fourth-order valence-corrected chi connectivity index (χ4v) is 10.1. The summed E-state index contributed by atoms with van der Waals surface area (Å²) in [6.45, 7) is 8.89. The van der Waals surface area contributed by atoms with Crippen molar-refractivity contribution in [1.29, 1.82) is 0 Å². The normalized spacial score (nSPS) is 11.6. The van der Waals surface area contributed by atoms with Crippen molar-refractivity contribution in [3.05, 3.63) is 57.3 Å². The molecule has 0 fully saturated rings. The smallest absolute Gasteiger partial charge is 0.258 e. The SMILES string of the molecule is CCCCCCCCc1ccsc1-c1cc(C)c(-c2nnc(-c3sc(-c4sccc4CCCCCCCC)cc3C)o2)s1. The van der Waals surface area contributed by atoms with Gasteiger partial charge in [0.1, 0.15) is 0 Å². The molecule has 0 unspecified atom stereocenters. The average molecular weight is 651 g/mol. The van der Waals surface area contributed by atoms with Gasteiger partial charge >= 0.3 is 0 Å². The van der Waals surface area contributed by atoms with E-state index in [0.717, 1.165) is 22.6 Å². The van der Waals surface area contributed by atoms with Crippen LogP contribution in [0.4, 0.5) is 0 Å². The lowest BCUT2D eigenvalue weighted by atomic mass is 10.0. The van der Waals surface area contributed by atoms with E-state index in [1.54, 1.807) is 22.7 Å². The van der Waals surface area contributed by atoms with E-state index in [0.29, 0.717) is 11.8 Å². The first-order valence-electron chi connectivity index (χ1n) is 16.3. The third-order valence-corrected chi connectivity index (χ3v) is 12.9. The van der Waals surface area contributed by atoms with Gasteiger partial charge in [-0.25, -0.2) is 0 Å². The van der Waals surface area contributed by atoms with Gasteiger partial charge in [0.15, 0.2) is 0 Å². The van der Waals surface area contributed by atoms with Gasteiger partial charge in [-0.15, -0.1) is 55.5 Å². The van der Waals surface area contributed by atoms with Gasteiger partial charge in [0.2, 0.25) is 0 Å². The maximum absolute atomic E-state index is 6.37. The summed E-state index contributed by atoms with van der Waals surface area (Å²) < 4.78 is 6.37. The van der Waals surface area contributed by atoms with E-state index in [4.69, 9.17) is 4.42 Å². The summed E-state index contributed by atoms with van der Waals surface area (Å²) in [5.41, 5.74) is 5.36. The highest BCUT2D eigenvalue weighted by Gasteiger charge is 2.21. The van der Waals surface area contributed by atoms with Gasteiger partial charge in [-0.05, 0) is 96.8 Å². The monoisotopic (exact) mass is 650 g/mol. The second-order valence-corrected chi connectivity index (χ2v) is 15.7. The number of unbranched alkanes of at least 4 members (excludes halogenated alkanes) is 10. The molecule has 0 saturated heterocycles. The van der Waals surface area contributed by atoms with Crippen LogP contribution in [0.25, 0.3) is 41.0 Å². The summed E-state index contributed by atoms with van der Waals surface area (Å²) in [5.74, 6) is 1.26. The fraction of sp³-hybridized carbons (Fsp3) is 0.500. The second-order valence-electron chi connectivity index (χ2n) is 11.7. The summed E-state index contributed by atoms with van der Waals surface area (Å²) in [6.07, 6.45) is 18.3. The van der Waals surface area contributed by atoms with Gasteiger partial charge in [0, 0.05) is 19.5 Å². The number of aryl methyl sites for hydroxylation is 4. The molecule has 0 atom stereocenters. The summed E-state index contributed by atoms with van der Waals surface area (Å²) in [6, 6.07) is 9.23. The van der Waals surface area contributed by atoms with Gasteiger partial charge < -0.3 is 4.42 Å². The van der Waals surface area contributed by atoms with E-state index in [1.165, 1.54) is 119 Å². The number of hydrogen-bond donors (Lipinski definition) is 0. The van der Waals surface area contributed by atoms with Gasteiger partial charge in [-0.3, -0.25) is 0 Å². The van der Waals surface area contributed by atoms with Crippen LogP contribution in [0.5, 0.6) is 0 Å². The van der Waals surface area contributed by atoms with Crippen LogP contribution in [0.1, 0.15) is 113 Å². The zero-order valence-electron chi connectivity index (χ0n) is 26.3. The molecule has 5 heterocycles. The highest BCUT2D eigenvalue weighted by molar-refractivity contribution is 7.24. The number of aromatic nitrogens is 2. The van der Waals surface area contributed by atoms with Gasteiger partial charge in [0.05, 0.1) is 9.75 Å². The van der Waals surface area contributed by atoms with E-state index in [2.05, 4.69) is 72.9 Å². The van der Waals surface area contributed by atoms with Crippen molar-refractivity contribution in [2.75, 3.05) is 0 Å². The molecule has 0 N–H and O–H groups in total. The number of nitrogens with zero attached hydrogens (tertiary/aromatic N) is 2. The Kier molecular flexibility index (Phi) is 12.3. The zero-order chi connectivity index (χ0) is 30.0. The predicted molar refractivity (Wildman–Crippen MR) is 191 cm³/mol. The Labute approximate surface area is 274 Å². The first-order chi connectivity index (χ1) is 21.1. The molecule has 43 heavy (non-hydrogen) atoms. The largest absolute Gasteiger partial charge is 0.414 e. The number of thiophene rings is 4. The van der Waals surface area contributed by atoms with Crippen LogP contribution >= 0.6 is 45.3 Å². The molecule has 0 radical (unpaired) electrons. The molecule has 0 aliphatic rings. The third-order valence-electron chi connectivity index (χ3n) is 8.19. The fourth-order valence-electron chi connectivity index (χ4n) is 5.71. The molecular formula is C36H46N2OS4.